The lowest BCUT2D eigenvalue weighted by atomic mass is 10.0. The smallest absolute Gasteiger partial charge is 0.254 e. The molecule has 0 aliphatic carbocycles. The van der Waals surface area contributed by atoms with Crippen LogP contribution in [-0.2, 0) is 6.54 Å². The molecule has 4 rings (SSSR count). The van der Waals surface area contributed by atoms with Gasteiger partial charge in [-0.2, -0.15) is 5.10 Å². The van der Waals surface area contributed by atoms with E-state index in [0.29, 0.717) is 0 Å². The minimum Gasteiger partial charge on any atom is -0.336 e. The fraction of sp³-hybridized carbons (Fsp3) is 0.500. The Labute approximate surface area is 176 Å². The summed E-state index contributed by atoms with van der Waals surface area (Å²) < 4.78 is 1.91. The van der Waals surface area contributed by atoms with Gasteiger partial charge in [-0.05, 0) is 37.3 Å². The standard InChI is InChI=1S/C22H29N5OS/c1-15(2)20-12-18(19-13-23-27(16(3)4)21(19)24-20)22(28)26-9-7-25(8-10-26)14-17-6-5-11-29-17/h5-6,11-13,15-16H,7-10,14H2,1-4H3. The van der Waals surface area contributed by atoms with Crippen molar-refractivity contribution in [3.63, 3.8) is 0 Å². The monoisotopic (exact) mass is 411 g/mol. The van der Waals surface area contributed by atoms with Gasteiger partial charge in [0.15, 0.2) is 5.65 Å². The van der Waals surface area contributed by atoms with E-state index in [1.165, 1.54) is 4.88 Å². The third-order valence-electron chi connectivity index (χ3n) is 5.52. The fourth-order valence-electron chi connectivity index (χ4n) is 3.79. The Hall–Kier alpha value is -2.25. The molecule has 0 N–H and O–H groups in total. The van der Waals surface area contributed by atoms with Crippen LogP contribution in [0.15, 0.2) is 29.8 Å². The number of carbonyl (C=O) groups excluding carboxylic acids is 1. The first kappa shape index (κ1) is 20.0. The molecule has 1 saturated heterocycles. The lowest BCUT2D eigenvalue weighted by molar-refractivity contribution is 0.0631. The van der Waals surface area contributed by atoms with Crippen LogP contribution in [0, 0.1) is 0 Å². The molecule has 0 saturated carbocycles. The lowest BCUT2D eigenvalue weighted by Crippen LogP contribution is -2.48. The first-order valence-electron chi connectivity index (χ1n) is 10.4. The van der Waals surface area contributed by atoms with Crippen LogP contribution in [0.4, 0.5) is 0 Å². The zero-order chi connectivity index (χ0) is 20.5. The SMILES string of the molecule is CC(C)c1cc(C(=O)N2CCN(Cc3cccs3)CC2)c2cnn(C(C)C)c2n1. The summed E-state index contributed by atoms with van der Waals surface area (Å²) in [7, 11) is 0. The third-order valence-corrected chi connectivity index (χ3v) is 6.38. The molecule has 3 aromatic rings. The second-order valence-electron chi connectivity index (χ2n) is 8.32. The van der Waals surface area contributed by atoms with Crippen LogP contribution < -0.4 is 0 Å². The van der Waals surface area contributed by atoms with Gasteiger partial charge in [0.1, 0.15) is 0 Å². The van der Waals surface area contributed by atoms with Crippen LogP contribution in [-0.4, -0.2) is 56.7 Å². The molecule has 0 atom stereocenters. The van der Waals surface area contributed by atoms with E-state index in [9.17, 15) is 4.79 Å². The molecule has 0 aromatic carbocycles. The van der Waals surface area contributed by atoms with Gasteiger partial charge < -0.3 is 4.90 Å². The van der Waals surface area contributed by atoms with E-state index in [2.05, 4.69) is 55.2 Å². The molecule has 0 bridgehead atoms. The molecule has 0 unspecified atom stereocenters. The van der Waals surface area contributed by atoms with Gasteiger partial charge in [0, 0.05) is 49.3 Å². The number of hydrogen-bond acceptors (Lipinski definition) is 5. The number of pyridine rings is 1. The molecular weight excluding hydrogens is 382 g/mol. The number of amides is 1. The molecule has 7 heteroatoms. The van der Waals surface area contributed by atoms with Gasteiger partial charge in [-0.3, -0.25) is 9.69 Å². The molecule has 4 heterocycles. The largest absolute Gasteiger partial charge is 0.336 e. The van der Waals surface area contributed by atoms with Crippen LogP contribution >= 0.6 is 11.3 Å². The Morgan fingerprint density at radius 3 is 2.55 bits per heavy atom. The van der Waals surface area contributed by atoms with E-state index in [4.69, 9.17) is 4.98 Å². The number of thiophene rings is 1. The number of piperazine rings is 1. The summed E-state index contributed by atoms with van der Waals surface area (Å²) in [5, 5.41) is 7.49. The normalized spacial score (nSPS) is 15.7. The average molecular weight is 412 g/mol. The van der Waals surface area contributed by atoms with Crippen molar-refractivity contribution in [2.24, 2.45) is 0 Å². The fourth-order valence-corrected chi connectivity index (χ4v) is 4.54. The average Bonchev–Trinajstić information content (AvgIpc) is 3.36. The van der Waals surface area contributed by atoms with Crippen LogP contribution in [0.2, 0.25) is 0 Å². The Kier molecular flexibility index (Phi) is 5.69. The summed E-state index contributed by atoms with van der Waals surface area (Å²) in [5.41, 5.74) is 2.49. The topological polar surface area (TPSA) is 54.3 Å². The van der Waals surface area contributed by atoms with Crippen molar-refractivity contribution in [3.05, 3.63) is 45.9 Å². The summed E-state index contributed by atoms with van der Waals surface area (Å²) in [6.45, 7) is 12.7. The minimum atomic E-state index is 0.0957. The van der Waals surface area contributed by atoms with E-state index in [0.717, 1.165) is 55.0 Å². The number of rotatable bonds is 5. The molecule has 154 valence electrons. The van der Waals surface area contributed by atoms with Crippen molar-refractivity contribution in [3.8, 4) is 0 Å². The highest BCUT2D eigenvalue weighted by Crippen LogP contribution is 2.26. The predicted molar refractivity (Wildman–Crippen MR) is 118 cm³/mol. The quantitative estimate of drug-likeness (QED) is 0.633. The molecule has 1 fully saturated rings. The van der Waals surface area contributed by atoms with Gasteiger partial charge in [-0.1, -0.05) is 19.9 Å². The number of aromatic nitrogens is 3. The maximum atomic E-state index is 13.4. The molecule has 29 heavy (non-hydrogen) atoms. The van der Waals surface area contributed by atoms with Crippen molar-refractivity contribution < 1.29 is 4.79 Å². The molecule has 1 amide bonds. The number of nitrogens with zero attached hydrogens (tertiary/aromatic N) is 5. The molecule has 0 spiro atoms. The van der Waals surface area contributed by atoms with E-state index in [-0.39, 0.29) is 17.9 Å². The molecule has 6 nitrogen and oxygen atoms in total. The minimum absolute atomic E-state index is 0.0957. The van der Waals surface area contributed by atoms with Crippen molar-refractivity contribution >= 4 is 28.3 Å². The summed E-state index contributed by atoms with van der Waals surface area (Å²) >= 11 is 1.79. The molecule has 1 aliphatic rings. The number of carbonyl (C=O) groups is 1. The van der Waals surface area contributed by atoms with E-state index in [1.807, 2.05) is 15.6 Å². The summed E-state index contributed by atoms with van der Waals surface area (Å²) in [4.78, 5) is 24.0. The zero-order valence-corrected chi connectivity index (χ0v) is 18.4. The zero-order valence-electron chi connectivity index (χ0n) is 17.6. The van der Waals surface area contributed by atoms with Gasteiger partial charge in [-0.25, -0.2) is 9.67 Å². The Balaban J connectivity index is 1.57. The van der Waals surface area contributed by atoms with Gasteiger partial charge in [0.05, 0.1) is 17.1 Å². The summed E-state index contributed by atoms with van der Waals surface area (Å²) in [5.74, 6) is 0.350. The Bertz CT molecular complexity index is 984. The molecule has 0 radical (unpaired) electrons. The lowest BCUT2D eigenvalue weighted by Gasteiger charge is -2.34. The van der Waals surface area contributed by atoms with E-state index in [1.54, 1.807) is 17.5 Å². The first-order valence-corrected chi connectivity index (χ1v) is 11.2. The maximum Gasteiger partial charge on any atom is 0.254 e. The molecule has 3 aromatic heterocycles. The van der Waals surface area contributed by atoms with E-state index >= 15 is 0 Å². The molecular formula is C22H29N5OS. The maximum absolute atomic E-state index is 13.4. The highest BCUT2D eigenvalue weighted by Gasteiger charge is 2.26. The number of fused-ring (bicyclic) bond motifs is 1. The van der Waals surface area contributed by atoms with Gasteiger partial charge in [0.25, 0.3) is 5.91 Å². The highest BCUT2D eigenvalue weighted by atomic mass is 32.1. The van der Waals surface area contributed by atoms with Crippen molar-refractivity contribution in [1.29, 1.82) is 0 Å². The van der Waals surface area contributed by atoms with Crippen molar-refractivity contribution in [1.82, 2.24) is 24.6 Å². The third kappa shape index (κ3) is 4.07. The first-order chi connectivity index (χ1) is 13.9. The van der Waals surface area contributed by atoms with Crippen LogP contribution in [0.1, 0.15) is 60.6 Å². The second kappa shape index (κ2) is 8.24. The van der Waals surface area contributed by atoms with Crippen molar-refractivity contribution in [2.45, 2.75) is 46.2 Å². The van der Waals surface area contributed by atoms with Crippen LogP contribution in [0.3, 0.4) is 0 Å². The Morgan fingerprint density at radius 1 is 1.17 bits per heavy atom. The summed E-state index contributed by atoms with van der Waals surface area (Å²) in [6.07, 6.45) is 1.80. The van der Waals surface area contributed by atoms with Gasteiger partial charge in [0.2, 0.25) is 0 Å². The van der Waals surface area contributed by atoms with Crippen LogP contribution in [0.5, 0.6) is 0 Å². The summed E-state index contributed by atoms with van der Waals surface area (Å²) in [6, 6.07) is 6.44. The van der Waals surface area contributed by atoms with Gasteiger partial charge >= 0.3 is 0 Å². The number of hydrogen-bond donors (Lipinski definition) is 0. The van der Waals surface area contributed by atoms with E-state index < -0.39 is 0 Å². The highest BCUT2D eigenvalue weighted by molar-refractivity contribution is 7.09. The van der Waals surface area contributed by atoms with Gasteiger partial charge in [-0.15, -0.1) is 11.3 Å². The predicted octanol–water partition coefficient (Wildman–Crippen LogP) is 4.16. The van der Waals surface area contributed by atoms with Crippen LogP contribution in [0.25, 0.3) is 11.0 Å². The van der Waals surface area contributed by atoms with Crippen molar-refractivity contribution in [2.75, 3.05) is 26.2 Å². The molecule has 1 aliphatic heterocycles. The second-order valence-corrected chi connectivity index (χ2v) is 9.35. The Morgan fingerprint density at radius 2 is 1.93 bits per heavy atom.